The maximum absolute atomic E-state index is 11.9. The molecule has 18 heavy (non-hydrogen) atoms. The quantitative estimate of drug-likeness (QED) is 0.706. The van der Waals surface area contributed by atoms with Crippen molar-refractivity contribution in [1.82, 2.24) is 15.5 Å². The summed E-state index contributed by atoms with van der Waals surface area (Å²) in [7, 11) is 0. The van der Waals surface area contributed by atoms with Crippen LogP contribution >= 0.6 is 0 Å². The topological polar surface area (TPSA) is 44.4 Å². The summed E-state index contributed by atoms with van der Waals surface area (Å²) in [5, 5.41) is 6.33. The molecule has 2 fully saturated rings. The van der Waals surface area contributed by atoms with Gasteiger partial charge in [-0.1, -0.05) is 13.8 Å². The van der Waals surface area contributed by atoms with Gasteiger partial charge in [0.15, 0.2) is 0 Å². The second kappa shape index (κ2) is 6.53. The third kappa shape index (κ3) is 3.95. The molecular formula is C14H27N3O. The molecule has 0 aromatic carbocycles. The summed E-state index contributed by atoms with van der Waals surface area (Å²) in [5.41, 5.74) is 0. The smallest absolute Gasteiger partial charge is 0.224 e. The normalized spacial score (nSPS) is 26.2. The zero-order chi connectivity index (χ0) is 13.0. The summed E-state index contributed by atoms with van der Waals surface area (Å²) in [6.45, 7) is 9.04. The predicted molar refractivity (Wildman–Crippen MR) is 73.4 cm³/mol. The second-order valence-corrected chi connectivity index (χ2v) is 5.83. The van der Waals surface area contributed by atoms with E-state index in [1.54, 1.807) is 0 Å². The van der Waals surface area contributed by atoms with Crippen LogP contribution in [0.25, 0.3) is 0 Å². The van der Waals surface area contributed by atoms with Gasteiger partial charge in [0.2, 0.25) is 5.91 Å². The average molecular weight is 253 g/mol. The Hall–Kier alpha value is -0.610. The highest BCUT2D eigenvalue weighted by Crippen LogP contribution is 2.31. The Morgan fingerprint density at radius 3 is 2.83 bits per heavy atom. The second-order valence-electron chi connectivity index (χ2n) is 5.83. The summed E-state index contributed by atoms with van der Waals surface area (Å²) >= 11 is 0. The minimum atomic E-state index is 0.0749. The van der Waals surface area contributed by atoms with E-state index in [0.717, 1.165) is 25.7 Å². The molecule has 2 rings (SSSR count). The molecular weight excluding hydrogens is 226 g/mol. The van der Waals surface area contributed by atoms with Crippen molar-refractivity contribution in [1.29, 1.82) is 0 Å². The number of hydrogen-bond donors (Lipinski definition) is 2. The number of hydrogen-bond acceptors (Lipinski definition) is 3. The Kier molecular flexibility index (Phi) is 5.01. The molecule has 0 spiro atoms. The molecule has 0 bridgehead atoms. The summed E-state index contributed by atoms with van der Waals surface area (Å²) < 4.78 is 0. The zero-order valence-corrected chi connectivity index (χ0v) is 11.7. The van der Waals surface area contributed by atoms with Crippen LogP contribution in [0.15, 0.2) is 0 Å². The maximum atomic E-state index is 11.9. The van der Waals surface area contributed by atoms with Gasteiger partial charge in [0.05, 0.1) is 0 Å². The number of rotatable bonds is 7. The van der Waals surface area contributed by atoms with Gasteiger partial charge in [-0.25, -0.2) is 0 Å². The Morgan fingerprint density at radius 2 is 2.17 bits per heavy atom. The summed E-state index contributed by atoms with van der Waals surface area (Å²) in [4.78, 5) is 14.5. The van der Waals surface area contributed by atoms with Gasteiger partial charge in [0, 0.05) is 31.6 Å². The molecule has 2 atom stereocenters. The molecule has 4 nitrogen and oxygen atoms in total. The van der Waals surface area contributed by atoms with Crippen molar-refractivity contribution in [2.75, 3.05) is 32.7 Å². The molecule has 1 aliphatic carbocycles. The predicted octanol–water partition coefficient (Wildman–Crippen LogP) is 0.833. The lowest BCUT2D eigenvalue weighted by Gasteiger charge is -2.17. The fraction of sp³-hybridized carbons (Fsp3) is 0.929. The van der Waals surface area contributed by atoms with Crippen LogP contribution in [0.3, 0.4) is 0 Å². The Bertz CT molecular complexity index is 278. The van der Waals surface area contributed by atoms with Crippen molar-refractivity contribution in [3.63, 3.8) is 0 Å². The van der Waals surface area contributed by atoms with Gasteiger partial charge in [-0.05, 0) is 38.3 Å². The number of likely N-dealkylation sites (tertiary alicyclic amines) is 1. The molecule has 0 aromatic heterocycles. The van der Waals surface area contributed by atoms with Crippen molar-refractivity contribution in [3.05, 3.63) is 0 Å². The maximum Gasteiger partial charge on any atom is 0.224 e. The van der Waals surface area contributed by atoms with Crippen LogP contribution in [-0.4, -0.2) is 49.6 Å². The first-order chi connectivity index (χ1) is 8.70. The monoisotopic (exact) mass is 253 g/mol. The molecule has 1 amide bonds. The molecule has 2 N–H and O–H groups in total. The fourth-order valence-electron chi connectivity index (χ4n) is 2.67. The lowest BCUT2D eigenvalue weighted by molar-refractivity contribution is -0.124. The first kappa shape index (κ1) is 13.8. The Labute approximate surface area is 110 Å². The van der Waals surface area contributed by atoms with Crippen LogP contribution in [0.5, 0.6) is 0 Å². The van der Waals surface area contributed by atoms with Gasteiger partial charge in [-0.3, -0.25) is 4.79 Å². The van der Waals surface area contributed by atoms with Crippen LogP contribution in [0.4, 0.5) is 0 Å². The van der Waals surface area contributed by atoms with E-state index in [1.807, 2.05) is 6.92 Å². The van der Waals surface area contributed by atoms with Gasteiger partial charge in [0.1, 0.15) is 0 Å². The van der Waals surface area contributed by atoms with E-state index in [-0.39, 0.29) is 11.8 Å². The molecule has 2 aliphatic rings. The van der Waals surface area contributed by atoms with Crippen LogP contribution < -0.4 is 10.6 Å². The van der Waals surface area contributed by atoms with Crippen LogP contribution in [0.1, 0.15) is 33.1 Å². The van der Waals surface area contributed by atoms with E-state index in [9.17, 15) is 4.79 Å². The van der Waals surface area contributed by atoms with Gasteiger partial charge in [0.25, 0.3) is 0 Å². The van der Waals surface area contributed by atoms with Gasteiger partial charge >= 0.3 is 0 Å². The molecule has 0 aromatic rings. The van der Waals surface area contributed by atoms with E-state index in [2.05, 4.69) is 22.5 Å². The molecule has 104 valence electrons. The van der Waals surface area contributed by atoms with E-state index < -0.39 is 0 Å². The van der Waals surface area contributed by atoms with Crippen molar-refractivity contribution in [3.8, 4) is 0 Å². The number of carbonyl (C=O) groups excluding carboxylic acids is 1. The van der Waals surface area contributed by atoms with E-state index in [4.69, 9.17) is 0 Å². The minimum Gasteiger partial charge on any atom is -0.356 e. The molecule has 1 aliphatic heterocycles. The first-order valence-corrected chi connectivity index (χ1v) is 7.43. The summed E-state index contributed by atoms with van der Waals surface area (Å²) in [6.07, 6.45) is 4.02. The van der Waals surface area contributed by atoms with Gasteiger partial charge < -0.3 is 15.5 Å². The zero-order valence-electron chi connectivity index (χ0n) is 11.7. The lowest BCUT2D eigenvalue weighted by Crippen LogP contribution is -2.38. The SMILES string of the molecule is CCNCC(C)C(=O)NCC1CCN(C2CC2)C1. The third-order valence-corrected chi connectivity index (χ3v) is 4.09. The van der Waals surface area contributed by atoms with E-state index in [0.29, 0.717) is 5.92 Å². The van der Waals surface area contributed by atoms with E-state index in [1.165, 1.54) is 32.4 Å². The minimum absolute atomic E-state index is 0.0749. The molecule has 1 heterocycles. The van der Waals surface area contributed by atoms with Crippen molar-refractivity contribution in [2.24, 2.45) is 11.8 Å². The Balaban J connectivity index is 1.60. The number of nitrogens with one attached hydrogen (secondary N) is 2. The third-order valence-electron chi connectivity index (χ3n) is 4.09. The van der Waals surface area contributed by atoms with Crippen molar-refractivity contribution < 1.29 is 4.79 Å². The molecule has 1 saturated carbocycles. The molecule has 0 radical (unpaired) electrons. The average Bonchev–Trinajstić information content (AvgIpc) is 3.12. The highest BCUT2D eigenvalue weighted by atomic mass is 16.1. The fourth-order valence-corrected chi connectivity index (χ4v) is 2.67. The standard InChI is InChI=1S/C14H27N3O/c1-3-15-8-11(2)14(18)16-9-12-6-7-17(10-12)13-4-5-13/h11-13,15H,3-10H2,1-2H3,(H,16,18). The summed E-state index contributed by atoms with van der Waals surface area (Å²) in [5.74, 6) is 0.938. The highest BCUT2D eigenvalue weighted by molar-refractivity contribution is 5.78. The van der Waals surface area contributed by atoms with Crippen molar-refractivity contribution >= 4 is 5.91 Å². The highest BCUT2D eigenvalue weighted by Gasteiger charge is 2.34. The van der Waals surface area contributed by atoms with Gasteiger partial charge in [-0.15, -0.1) is 0 Å². The van der Waals surface area contributed by atoms with Crippen LogP contribution in [0.2, 0.25) is 0 Å². The number of carbonyl (C=O) groups is 1. The van der Waals surface area contributed by atoms with Crippen molar-refractivity contribution in [2.45, 2.75) is 39.2 Å². The first-order valence-electron chi connectivity index (χ1n) is 7.43. The van der Waals surface area contributed by atoms with Gasteiger partial charge in [-0.2, -0.15) is 0 Å². The summed E-state index contributed by atoms with van der Waals surface area (Å²) in [6, 6.07) is 0.873. The number of nitrogens with zero attached hydrogens (tertiary/aromatic N) is 1. The lowest BCUT2D eigenvalue weighted by atomic mass is 10.1. The van der Waals surface area contributed by atoms with Crippen LogP contribution in [-0.2, 0) is 4.79 Å². The number of amides is 1. The Morgan fingerprint density at radius 1 is 1.39 bits per heavy atom. The largest absolute Gasteiger partial charge is 0.356 e. The molecule has 1 saturated heterocycles. The van der Waals surface area contributed by atoms with Crippen LogP contribution in [0, 0.1) is 11.8 Å². The molecule has 2 unspecified atom stereocenters. The molecule has 4 heteroatoms. The van der Waals surface area contributed by atoms with E-state index >= 15 is 0 Å².